The van der Waals surface area contributed by atoms with Crippen LogP contribution in [0, 0.1) is 5.92 Å². The molecule has 2 aliphatic rings. The van der Waals surface area contributed by atoms with Crippen molar-refractivity contribution in [1.82, 2.24) is 4.90 Å². The molecule has 2 heteroatoms. The second kappa shape index (κ2) is 4.54. The van der Waals surface area contributed by atoms with Crippen molar-refractivity contribution in [3.8, 4) is 0 Å². The molecular weight excluding hydrogens is 234 g/mol. The number of nitrogens with zero attached hydrogens (tertiary/aromatic N) is 1. The number of carbonyl (C=O) groups excluding carboxylic acids is 1. The second-order valence-corrected chi connectivity index (χ2v) is 5.16. The van der Waals surface area contributed by atoms with E-state index >= 15 is 0 Å². The van der Waals surface area contributed by atoms with E-state index in [2.05, 4.69) is 31.4 Å². The van der Waals surface area contributed by atoms with Crippen LogP contribution in [0.15, 0.2) is 61.2 Å². The Morgan fingerprint density at radius 1 is 1.26 bits per heavy atom. The van der Waals surface area contributed by atoms with Crippen LogP contribution in [0.5, 0.6) is 0 Å². The zero-order valence-electron chi connectivity index (χ0n) is 10.9. The molecule has 1 aromatic carbocycles. The number of benzene rings is 1. The molecule has 0 unspecified atom stereocenters. The van der Waals surface area contributed by atoms with Gasteiger partial charge in [0.1, 0.15) is 0 Å². The van der Waals surface area contributed by atoms with Gasteiger partial charge in [0.2, 0.25) is 5.91 Å². The van der Waals surface area contributed by atoms with Crippen LogP contribution in [0.1, 0.15) is 12.0 Å². The third-order valence-corrected chi connectivity index (χ3v) is 3.97. The van der Waals surface area contributed by atoms with E-state index in [0.717, 1.165) is 12.0 Å². The normalized spacial score (nSPS) is 26.1. The molecule has 2 heterocycles. The average Bonchev–Trinajstić information content (AvgIpc) is 2.75. The quantitative estimate of drug-likeness (QED) is 0.740. The lowest BCUT2D eigenvalue weighted by Gasteiger charge is -2.30. The van der Waals surface area contributed by atoms with Crippen molar-refractivity contribution >= 4 is 11.5 Å². The molecule has 1 saturated heterocycles. The Hall–Kier alpha value is -2.09. The average molecular weight is 251 g/mol. The summed E-state index contributed by atoms with van der Waals surface area (Å²) in [4.78, 5) is 14.1. The first kappa shape index (κ1) is 12.0. The number of carbonyl (C=O) groups is 1. The molecule has 0 N–H and O–H groups in total. The SMILES string of the molecule is C=C[C@H]1C[C@H]2C=C(c3ccccc3)C(=C)CN2C1=O. The minimum atomic E-state index is -0.0378. The van der Waals surface area contributed by atoms with Crippen molar-refractivity contribution in [3.63, 3.8) is 0 Å². The Balaban J connectivity index is 1.97. The molecule has 0 aromatic heterocycles. The summed E-state index contributed by atoms with van der Waals surface area (Å²) in [5, 5.41) is 0. The summed E-state index contributed by atoms with van der Waals surface area (Å²) in [5.74, 6) is 0.147. The number of hydrogen-bond donors (Lipinski definition) is 0. The lowest BCUT2D eigenvalue weighted by Crippen LogP contribution is -2.37. The molecule has 19 heavy (non-hydrogen) atoms. The Morgan fingerprint density at radius 2 is 2.00 bits per heavy atom. The van der Waals surface area contributed by atoms with Gasteiger partial charge in [-0.05, 0) is 23.1 Å². The van der Waals surface area contributed by atoms with Gasteiger partial charge in [-0.3, -0.25) is 4.79 Å². The Labute approximate surface area is 113 Å². The van der Waals surface area contributed by atoms with Crippen LogP contribution in [0.25, 0.3) is 5.57 Å². The van der Waals surface area contributed by atoms with Gasteiger partial charge in [0.25, 0.3) is 0 Å². The Kier molecular flexibility index (Phi) is 2.86. The minimum Gasteiger partial charge on any atom is -0.331 e. The highest BCUT2D eigenvalue weighted by atomic mass is 16.2. The first-order valence-electron chi connectivity index (χ1n) is 6.59. The predicted octanol–water partition coefficient (Wildman–Crippen LogP) is 3.04. The summed E-state index contributed by atoms with van der Waals surface area (Å²) in [6.45, 7) is 8.52. The van der Waals surface area contributed by atoms with Crippen molar-refractivity contribution in [1.29, 1.82) is 0 Å². The lowest BCUT2D eigenvalue weighted by molar-refractivity contribution is -0.130. The lowest BCUT2D eigenvalue weighted by atomic mass is 9.92. The highest BCUT2D eigenvalue weighted by molar-refractivity contribution is 5.88. The van der Waals surface area contributed by atoms with Crippen molar-refractivity contribution < 1.29 is 4.79 Å². The molecule has 0 aliphatic carbocycles. The van der Waals surface area contributed by atoms with Crippen molar-refractivity contribution in [3.05, 3.63) is 66.8 Å². The van der Waals surface area contributed by atoms with Gasteiger partial charge in [-0.25, -0.2) is 0 Å². The summed E-state index contributed by atoms with van der Waals surface area (Å²) < 4.78 is 0. The van der Waals surface area contributed by atoms with Crippen LogP contribution in [-0.2, 0) is 4.79 Å². The van der Waals surface area contributed by atoms with E-state index < -0.39 is 0 Å². The zero-order valence-corrected chi connectivity index (χ0v) is 10.9. The third kappa shape index (κ3) is 1.93. The van der Waals surface area contributed by atoms with Crippen LogP contribution in [0.2, 0.25) is 0 Å². The number of fused-ring (bicyclic) bond motifs is 1. The van der Waals surface area contributed by atoms with Crippen LogP contribution in [0.3, 0.4) is 0 Å². The molecule has 2 atom stereocenters. The molecule has 2 aliphatic heterocycles. The van der Waals surface area contributed by atoms with Crippen LogP contribution in [0.4, 0.5) is 0 Å². The number of hydrogen-bond acceptors (Lipinski definition) is 1. The van der Waals surface area contributed by atoms with Crippen molar-refractivity contribution in [2.24, 2.45) is 5.92 Å². The smallest absolute Gasteiger partial charge is 0.230 e. The summed E-state index contributed by atoms with van der Waals surface area (Å²) >= 11 is 0. The summed E-state index contributed by atoms with van der Waals surface area (Å²) in [6.07, 6.45) is 4.79. The van der Waals surface area contributed by atoms with Crippen LogP contribution >= 0.6 is 0 Å². The molecule has 3 rings (SSSR count). The highest BCUT2D eigenvalue weighted by Crippen LogP contribution is 2.36. The molecule has 0 radical (unpaired) electrons. The van der Waals surface area contributed by atoms with E-state index in [0.29, 0.717) is 6.54 Å². The molecule has 96 valence electrons. The number of amides is 1. The second-order valence-electron chi connectivity index (χ2n) is 5.16. The summed E-state index contributed by atoms with van der Waals surface area (Å²) in [7, 11) is 0. The highest BCUT2D eigenvalue weighted by Gasteiger charge is 2.39. The van der Waals surface area contributed by atoms with E-state index in [1.807, 2.05) is 23.1 Å². The van der Waals surface area contributed by atoms with E-state index in [1.165, 1.54) is 11.1 Å². The standard InChI is InChI=1S/C17H17NO/c1-3-13-9-15-10-16(14-7-5-4-6-8-14)12(2)11-18(15)17(13)19/h3-8,10,13,15H,1-2,9,11H2/t13-,15-/m0/s1. The maximum Gasteiger partial charge on any atom is 0.230 e. The van der Waals surface area contributed by atoms with Crippen molar-refractivity contribution in [2.45, 2.75) is 12.5 Å². The van der Waals surface area contributed by atoms with Crippen LogP contribution < -0.4 is 0 Å². The summed E-state index contributed by atoms with van der Waals surface area (Å²) in [5.41, 5.74) is 3.38. The van der Waals surface area contributed by atoms with E-state index in [4.69, 9.17) is 0 Å². The first-order chi connectivity index (χ1) is 9.20. The van der Waals surface area contributed by atoms with Gasteiger partial charge >= 0.3 is 0 Å². The maximum absolute atomic E-state index is 12.1. The molecule has 0 spiro atoms. The maximum atomic E-state index is 12.1. The van der Waals surface area contributed by atoms with Crippen molar-refractivity contribution in [2.75, 3.05) is 6.54 Å². The molecule has 0 bridgehead atoms. The fraction of sp³-hybridized carbons (Fsp3) is 0.235. The van der Waals surface area contributed by atoms with Gasteiger partial charge in [-0.15, -0.1) is 6.58 Å². The van der Waals surface area contributed by atoms with Crippen LogP contribution in [-0.4, -0.2) is 23.4 Å². The molecule has 1 fully saturated rings. The number of rotatable bonds is 2. The van der Waals surface area contributed by atoms with Gasteiger partial charge in [-0.2, -0.15) is 0 Å². The fourth-order valence-corrected chi connectivity index (χ4v) is 2.93. The molecule has 2 nitrogen and oxygen atoms in total. The monoisotopic (exact) mass is 251 g/mol. The van der Waals surface area contributed by atoms with Gasteiger partial charge in [-0.1, -0.05) is 49.1 Å². The third-order valence-electron chi connectivity index (χ3n) is 3.97. The van der Waals surface area contributed by atoms with E-state index in [-0.39, 0.29) is 17.9 Å². The minimum absolute atomic E-state index is 0.0378. The van der Waals surface area contributed by atoms with Gasteiger partial charge < -0.3 is 4.90 Å². The Bertz CT molecular complexity index is 570. The first-order valence-corrected chi connectivity index (χ1v) is 6.59. The fourth-order valence-electron chi connectivity index (χ4n) is 2.93. The molecule has 0 saturated carbocycles. The molecule has 1 amide bonds. The Morgan fingerprint density at radius 3 is 2.68 bits per heavy atom. The zero-order chi connectivity index (χ0) is 13.4. The predicted molar refractivity (Wildman–Crippen MR) is 77.4 cm³/mol. The van der Waals surface area contributed by atoms with E-state index in [1.54, 1.807) is 6.08 Å². The van der Waals surface area contributed by atoms with E-state index in [9.17, 15) is 4.79 Å². The topological polar surface area (TPSA) is 20.3 Å². The van der Waals surface area contributed by atoms with Gasteiger partial charge in [0.15, 0.2) is 0 Å². The van der Waals surface area contributed by atoms with Gasteiger partial charge in [0, 0.05) is 6.54 Å². The summed E-state index contributed by atoms with van der Waals surface area (Å²) in [6, 6.07) is 10.4. The molecule has 1 aromatic rings. The largest absolute Gasteiger partial charge is 0.331 e. The van der Waals surface area contributed by atoms with Gasteiger partial charge in [0.05, 0.1) is 12.0 Å². The molecular formula is C17H17NO.